The number of benzene rings is 1. The van der Waals surface area contributed by atoms with Crippen molar-refractivity contribution in [1.82, 2.24) is 15.1 Å². The summed E-state index contributed by atoms with van der Waals surface area (Å²) >= 11 is 0. The molecule has 6 nitrogen and oxygen atoms in total. The molecule has 0 amide bonds. The van der Waals surface area contributed by atoms with Gasteiger partial charge in [0, 0.05) is 39.3 Å². The average Bonchev–Trinajstić information content (AvgIpc) is 2.69. The molecule has 1 fully saturated rings. The monoisotopic (exact) mass is 517 g/mol. The number of nitrogens with one attached hydrogen (secondary N) is 1. The van der Waals surface area contributed by atoms with E-state index in [1.54, 1.807) is 6.07 Å². The summed E-state index contributed by atoms with van der Waals surface area (Å²) in [5.74, 6) is 1.40. The van der Waals surface area contributed by atoms with E-state index in [1.807, 2.05) is 18.2 Å². The van der Waals surface area contributed by atoms with Crippen LogP contribution in [0.25, 0.3) is 0 Å². The number of phenolic OH excluding ortho intramolecular Hbond substituents is 1. The van der Waals surface area contributed by atoms with Crippen LogP contribution in [0.4, 0.5) is 5.69 Å². The molecule has 0 aliphatic carbocycles. The van der Waals surface area contributed by atoms with Gasteiger partial charge in [0.2, 0.25) is 0 Å². The van der Waals surface area contributed by atoms with Gasteiger partial charge in [-0.2, -0.15) is 0 Å². The van der Waals surface area contributed by atoms with Crippen molar-refractivity contribution in [3.8, 4) is 5.75 Å². The zero-order valence-corrected chi connectivity index (χ0v) is 20.8. The van der Waals surface area contributed by atoms with Crippen LogP contribution in [-0.4, -0.2) is 80.8 Å². The Labute approximate surface area is 194 Å². The van der Waals surface area contributed by atoms with Gasteiger partial charge in [-0.1, -0.05) is 31.4 Å². The van der Waals surface area contributed by atoms with Crippen molar-refractivity contribution in [3.63, 3.8) is 0 Å². The fraction of sp³-hybridized carbons (Fsp3) is 0.682. The maximum atomic E-state index is 10.1. The number of hydrogen-bond donors (Lipinski definition) is 2. The first-order valence-electron chi connectivity index (χ1n) is 10.8. The Bertz CT molecular complexity index is 588. The van der Waals surface area contributed by atoms with Gasteiger partial charge in [0.15, 0.2) is 5.96 Å². The molecule has 166 valence electrons. The molecule has 0 saturated carbocycles. The molecule has 1 aliphatic rings. The van der Waals surface area contributed by atoms with Gasteiger partial charge in [-0.25, -0.2) is 0 Å². The number of piperazine rings is 1. The number of para-hydroxylation sites is 2. The lowest BCUT2D eigenvalue weighted by Gasteiger charge is -2.37. The van der Waals surface area contributed by atoms with E-state index < -0.39 is 0 Å². The second-order valence-electron chi connectivity index (χ2n) is 7.77. The molecule has 2 rings (SSSR count). The first-order chi connectivity index (χ1) is 13.6. The van der Waals surface area contributed by atoms with Crippen LogP contribution in [-0.2, 0) is 0 Å². The molecule has 0 unspecified atom stereocenters. The molecule has 1 heterocycles. The second kappa shape index (κ2) is 14.7. The normalized spacial score (nSPS) is 14.8. The van der Waals surface area contributed by atoms with Crippen LogP contribution in [0, 0.1) is 0 Å². The number of phenols is 1. The summed E-state index contributed by atoms with van der Waals surface area (Å²) < 4.78 is 0. The molecule has 1 aliphatic heterocycles. The highest BCUT2D eigenvalue weighted by Gasteiger charge is 2.21. The third-order valence-electron chi connectivity index (χ3n) is 5.16. The number of aliphatic imine (C=N–C) groups is 1. The number of hydrogen-bond acceptors (Lipinski definition) is 4. The molecule has 2 N–H and O–H groups in total. The van der Waals surface area contributed by atoms with Gasteiger partial charge in [-0.15, -0.1) is 24.0 Å². The highest BCUT2D eigenvalue weighted by Crippen LogP contribution is 2.27. The van der Waals surface area contributed by atoms with Crippen LogP contribution in [0.3, 0.4) is 0 Å². The van der Waals surface area contributed by atoms with Crippen molar-refractivity contribution < 1.29 is 5.11 Å². The molecular weight excluding hydrogens is 477 g/mol. The SMILES string of the molecule is CCNC(=NCCCCCCCN(C)C)N1CCN(c2ccccc2O)CC1.I. The number of guanidine groups is 1. The fourth-order valence-electron chi connectivity index (χ4n) is 3.57. The molecule has 29 heavy (non-hydrogen) atoms. The summed E-state index contributed by atoms with van der Waals surface area (Å²) in [5.41, 5.74) is 0.929. The van der Waals surface area contributed by atoms with Crippen LogP contribution in [0.1, 0.15) is 39.0 Å². The fourth-order valence-corrected chi connectivity index (χ4v) is 3.57. The number of anilines is 1. The van der Waals surface area contributed by atoms with Crippen LogP contribution in [0.15, 0.2) is 29.3 Å². The van der Waals surface area contributed by atoms with Crippen molar-refractivity contribution in [2.75, 3.05) is 64.8 Å². The smallest absolute Gasteiger partial charge is 0.194 e. The molecule has 1 aromatic rings. The van der Waals surface area contributed by atoms with Crippen molar-refractivity contribution in [2.45, 2.75) is 39.0 Å². The van der Waals surface area contributed by atoms with Crippen molar-refractivity contribution in [1.29, 1.82) is 0 Å². The van der Waals surface area contributed by atoms with Crippen molar-refractivity contribution >= 4 is 35.6 Å². The number of halogens is 1. The summed E-state index contributed by atoms with van der Waals surface area (Å²) in [4.78, 5) is 11.7. The molecule has 0 bridgehead atoms. The molecule has 0 aromatic heterocycles. The quantitative estimate of drug-likeness (QED) is 0.215. The Morgan fingerprint density at radius 1 is 1.03 bits per heavy atom. The number of aromatic hydroxyl groups is 1. The zero-order valence-electron chi connectivity index (χ0n) is 18.4. The van der Waals surface area contributed by atoms with Gasteiger partial charge in [0.1, 0.15) is 5.75 Å². The van der Waals surface area contributed by atoms with Gasteiger partial charge in [-0.05, 0) is 52.5 Å². The third-order valence-corrected chi connectivity index (χ3v) is 5.16. The Balaban J connectivity index is 0.00000420. The van der Waals surface area contributed by atoms with E-state index in [2.05, 4.69) is 41.0 Å². The van der Waals surface area contributed by atoms with E-state index in [1.165, 1.54) is 32.2 Å². The van der Waals surface area contributed by atoms with E-state index in [9.17, 15) is 5.11 Å². The highest BCUT2D eigenvalue weighted by molar-refractivity contribution is 14.0. The van der Waals surface area contributed by atoms with Gasteiger partial charge >= 0.3 is 0 Å². The molecule has 0 spiro atoms. The van der Waals surface area contributed by atoms with E-state index in [-0.39, 0.29) is 24.0 Å². The van der Waals surface area contributed by atoms with E-state index in [0.717, 1.165) is 57.3 Å². The lowest BCUT2D eigenvalue weighted by molar-refractivity contribution is 0.369. The third kappa shape index (κ3) is 9.42. The molecule has 1 aromatic carbocycles. The lowest BCUT2D eigenvalue weighted by Crippen LogP contribution is -2.52. The summed E-state index contributed by atoms with van der Waals surface area (Å²) in [5, 5.41) is 13.5. The van der Waals surface area contributed by atoms with Crippen molar-refractivity contribution in [2.24, 2.45) is 4.99 Å². The Kier molecular flexibility index (Phi) is 13.1. The molecule has 0 radical (unpaired) electrons. The summed E-state index contributed by atoms with van der Waals surface area (Å²) in [6.45, 7) is 8.74. The first-order valence-corrected chi connectivity index (χ1v) is 10.8. The van der Waals surface area contributed by atoms with Crippen LogP contribution in [0.2, 0.25) is 0 Å². The zero-order chi connectivity index (χ0) is 20.2. The maximum Gasteiger partial charge on any atom is 0.194 e. The molecular formula is C22H40IN5O. The average molecular weight is 518 g/mol. The minimum atomic E-state index is 0. The Hall–Kier alpha value is -1.22. The summed E-state index contributed by atoms with van der Waals surface area (Å²) in [6.07, 6.45) is 6.33. The van der Waals surface area contributed by atoms with Crippen LogP contribution in [0.5, 0.6) is 5.75 Å². The Morgan fingerprint density at radius 2 is 1.69 bits per heavy atom. The van der Waals surface area contributed by atoms with E-state index in [0.29, 0.717) is 5.75 Å². The number of nitrogens with zero attached hydrogens (tertiary/aromatic N) is 4. The van der Waals surface area contributed by atoms with E-state index >= 15 is 0 Å². The minimum Gasteiger partial charge on any atom is -0.506 e. The van der Waals surface area contributed by atoms with Crippen LogP contribution < -0.4 is 10.2 Å². The number of rotatable bonds is 10. The standard InChI is InChI=1S/C22H39N5O.HI/c1-4-23-22(24-14-10-6-5-7-11-15-25(2)3)27-18-16-26(17-19-27)20-12-8-9-13-21(20)28;/h8-9,12-13,28H,4-7,10-11,14-19H2,1-3H3,(H,23,24);1H. The maximum absolute atomic E-state index is 10.1. The number of unbranched alkanes of at least 4 members (excludes halogenated alkanes) is 4. The second-order valence-corrected chi connectivity index (χ2v) is 7.77. The molecule has 0 atom stereocenters. The van der Waals surface area contributed by atoms with Gasteiger partial charge in [0.25, 0.3) is 0 Å². The van der Waals surface area contributed by atoms with Crippen LogP contribution >= 0.6 is 24.0 Å². The Morgan fingerprint density at radius 3 is 2.34 bits per heavy atom. The van der Waals surface area contributed by atoms with Crippen molar-refractivity contribution in [3.05, 3.63) is 24.3 Å². The topological polar surface area (TPSA) is 54.3 Å². The highest BCUT2D eigenvalue weighted by atomic mass is 127. The molecule has 1 saturated heterocycles. The van der Waals surface area contributed by atoms with Gasteiger partial charge in [-0.3, -0.25) is 4.99 Å². The summed E-state index contributed by atoms with van der Waals surface area (Å²) in [7, 11) is 4.28. The van der Waals surface area contributed by atoms with Gasteiger partial charge < -0.3 is 25.1 Å². The predicted molar refractivity (Wildman–Crippen MR) is 135 cm³/mol. The first kappa shape index (κ1) is 25.8. The lowest BCUT2D eigenvalue weighted by atomic mass is 10.1. The van der Waals surface area contributed by atoms with Gasteiger partial charge in [0.05, 0.1) is 5.69 Å². The predicted octanol–water partition coefficient (Wildman–Crippen LogP) is 3.61. The largest absolute Gasteiger partial charge is 0.506 e. The summed E-state index contributed by atoms with van der Waals surface area (Å²) in [6, 6.07) is 7.59. The molecule has 7 heteroatoms. The minimum absolute atomic E-state index is 0. The van der Waals surface area contributed by atoms with E-state index in [4.69, 9.17) is 4.99 Å².